The van der Waals surface area contributed by atoms with Gasteiger partial charge < -0.3 is 15.0 Å². The number of rotatable bonds is 4. The second kappa shape index (κ2) is 8.71. The normalized spacial score (nSPS) is 21.4. The molecule has 6 heteroatoms. The van der Waals surface area contributed by atoms with Crippen LogP contribution in [0.2, 0.25) is 10.0 Å². The van der Waals surface area contributed by atoms with Crippen molar-refractivity contribution in [3.8, 4) is 5.75 Å². The summed E-state index contributed by atoms with van der Waals surface area (Å²) >= 11 is 13.2. The molecule has 0 bridgehead atoms. The molecule has 2 atom stereocenters. The highest BCUT2D eigenvalue weighted by Crippen LogP contribution is 2.50. The summed E-state index contributed by atoms with van der Waals surface area (Å²) in [5.41, 5.74) is 2.34. The number of hydrogen-bond donors (Lipinski definition) is 1. The van der Waals surface area contributed by atoms with Crippen LogP contribution in [-0.4, -0.2) is 32.3 Å². The lowest BCUT2D eigenvalue weighted by Gasteiger charge is -2.29. The van der Waals surface area contributed by atoms with Gasteiger partial charge in [-0.05, 0) is 50.2 Å². The van der Waals surface area contributed by atoms with Crippen LogP contribution in [0.1, 0.15) is 24.3 Å². The Morgan fingerprint density at radius 1 is 1.00 bits per heavy atom. The van der Waals surface area contributed by atoms with Gasteiger partial charge in [0.15, 0.2) is 0 Å². The lowest BCUT2D eigenvalue weighted by atomic mass is 9.91. The lowest BCUT2D eigenvalue weighted by Crippen LogP contribution is -2.37. The predicted octanol–water partition coefficient (Wildman–Crippen LogP) is 5.15. The fourth-order valence-electron chi connectivity index (χ4n) is 4.16. The highest BCUT2D eigenvalue weighted by molar-refractivity contribution is 6.36. The van der Waals surface area contributed by atoms with E-state index in [4.69, 9.17) is 27.9 Å². The molecule has 26 heavy (non-hydrogen) atoms. The second-order valence-corrected chi connectivity index (χ2v) is 7.46. The Labute approximate surface area is 171 Å². The molecule has 2 heterocycles. The van der Waals surface area contributed by atoms with Crippen LogP contribution in [0.15, 0.2) is 42.5 Å². The molecular formula is C20H23Cl3N2O. The maximum Gasteiger partial charge on any atom is 0.119 e. The quantitative estimate of drug-likeness (QED) is 0.750. The van der Waals surface area contributed by atoms with Gasteiger partial charge in [-0.15, -0.1) is 12.4 Å². The molecule has 0 aromatic heterocycles. The summed E-state index contributed by atoms with van der Waals surface area (Å²) in [5.74, 6) is 1.34. The second-order valence-electron chi connectivity index (χ2n) is 6.65. The maximum atomic E-state index is 6.58. The SMILES string of the molecule is Cl.Clc1ccc(Cl)c2c1C1CCNCCC1N2CCOc1ccccc1. The van der Waals surface area contributed by atoms with Gasteiger partial charge in [-0.1, -0.05) is 41.4 Å². The van der Waals surface area contributed by atoms with Gasteiger partial charge >= 0.3 is 0 Å². The molecular weight excluding hydrogens is 391 g/mol. The van der Waals surface area contributed by atoms with E-state index in [0.717, 1.165) is 54.0 Å². The lowest BCUT2D eigenvalue weighted by molar-refractivity contribution is 0.317. The molecule has 140 valence electrons. The summed E-state index contributed by atoms with van der Waals surface area (Å²) in [6, 6.07) is 14.2. The van der Waals surface area contributed by atoms with Gasteiger partial charge in [0.1, 0.15) is 12.4 Å². The van der Waals surface area contributed by atoms with Crippen LogP contribution in [-0.2, 0) is 0 Å². The van der Waals surface area contributed by atoms with E-state index in [1.165, 1.54) is 5.56 Å². The fourth-order valence-corrected chi connectivity index (χ4v) is 4.73. The first-order valence-electron chi connectivity index (χ1n) is 8.89. The molecule has 2 aliphatic rings. The number of ether oxygens (including phenoxy) is 1. The van der Waals surface area contributed by atoms with Crippen LogP contribution in [0.25, 0.3) is 0 Å². The van der Waals surface area contributed by atoms with Crippen molar-refractivity contribution in [2.24, 2.45) is 0 Å². The van der Waals surface area contributed by atoms with Crippen molar-refractivity contribution in [1.29, 1.82) is 0 Å². The minimum atomic E-state index is 0. The van der Waals surface area contributed by atoms with E-state index >= 15 is 0 Å². The molecule has 0 amide bonds. The first-order valence-corrected chi connectivity index (χ1v) is 9.64. The fraction of sp³-hybridized carbons (Fsp3) is 0.400. The first kappa shape index (κ1) is 19.6. The highest BCUT2D eigenvalue weighted by Gasteiger charge is 2.41. The molecule has 1 fully saturated rings. The minimum absolute atomic E-state index is 0. The number of nitrogens with one attached hydrogen (secondary N) is 1. The largest absolute Gasteiger partial charge is 0.492 e. The Hall–Kier alpha value is -1.13. The summed E-state index contributed by atoms with van der Waals surface area (Å²) in [4.78, 5) is 2.42. The summed E-state index contributed by atoms with van der Waals surface area (Å²) in [7, 11) is 0. The first-order chi connectivity index (χ1) is 12.3. The van der Waals surface area contributed by atoms with Gasteiger partial charge in [0, 0.05) is 22.5 Å². The van der Waals surface area contributed by atoms with Crippen LogP contribution in [0, 0.1) is 0 Å². The number of nitrogens with zero attached hydrogens (tertiary/aromatic N) is 1. The van der Waals surface area contributed by atoms with Crippen LogP contribution in [0.5, 0.6) is 5.75 Å². The average Bonchev–Trinajstić information content (AvgIpc) is 2.78. The van der Waals surface area contributed by atoms with Gasteiger partial charge in [0.2, 0.25) is 0 Å². The molecule has 1 saturated heterocycles. The number of hydrogen-bond acceptors (Lipinski definition) is 3. The van der Waals surface area contributed by atoms with Gasteiger partial charge in [0.05, 0.1) is 17.3 Å². The summed E-state index contributed by atoms with van der Waals surface area (Å²) in [6.45, 7) is 3.49. The molecule has 1 N–H and O–H groups in total. The average molecular weight is 414 g/mol. The molecule has 2 aromatic rings. The zero-order chi connectivity index (χ0) is 17.2. The van der Waals surface area contributed by atoms with Crippen molar-refractivity contribution >= 4 is 41.3 Å². The molecule has 0 spiro atoms. The van der Waals surface area contributed by atoms with Gasteiger partial charge in [-0.2, -0.15) is 0 Å². The van der Waals surface area contributed by atoms with E-state index < -0.39 is 0 Å². The van der Waals surface area contributed by atoms with Crippen LogP contribution in [0.4, 0.5) is 5.69 Å². The van der Waals surface area contributed by atoms with E-state index in [1.54, 1.807) is 0 Å². The van der Waals surface area contributed by atoms with Crippen molar-refractivity contribution in [1.82, 2.24) is 5.32 Å². The van der Waals surface area contributed by atoms with Crippen molar-refractivity contribution in [3.05, 3.63) is 58.1 Å². The third-order valence-corrected chi connectivity index (χ3v) is 5.87. The number of halogens is 3. The topological polar surface area (TPSA) is 24.5 Å². The van der Waals surface area contributed by atoms with Gasteiger partial charge in [-0.3, -0.25) is 0 Å². The monoisotopic (exact) mass is 412 g/mol. The number of benzene rings is 2. The smallest absolute Gasteiger partial charge is 0.119 e. The number of anilines is 1. The summed E-state index contributed by atoms with van der Waals surface area (Å²) in [6.07, 6.45) is 2.19. The Kier molecular flexibility index (Phi) is 6.57. The van der Waals surface area contributed by atoms with Gasteiger partial charge in [-0.25, -0.2) is 0 Å². The zero-order valence-electron chi connectivity index (χ0n) is 14.5. The van der Waals surface area contributed by atoms with Gasteiger partial charge in [0.25, 0.3) is 0 Å². The number of fused-ring (bicyclic) bond motifs is 3. The molecule has 2 aliphatic heterocycles. The van der Waals surface area contributed by atoms with Crippen LogP contribution >= 0.6 is 35.6 Å². The molecule has 0 saturated carbocycles. The standard InChI is InChI=1S/C20H22Cl2N2O.ClH/c21-16-6-7-17(22)20-19(16)15-8-10-23-11-9-18(15)24(20)12-13-25-14-4-2-1-3-5-14;/h1-7,15,18,23H,8-13H2;1H. The van der Waals surface area contributed by atoms with Crippen LogP contribution in [0.3, 0.4) is 0 Å². The van der Waals surface area contributed by atoms with Crippen molar-refractivity contribution in [2.75, 3.05) is 31.1 Å². The molecule has 2 unspecified atom stereocenters. The minimum Gasteiger partial charge on any atom is -0.492 e. The van der Waals surface area contributed by atoms with E-state index in [0.29, 0.717) is 18.6 Å². The Morgan fingerprint density at radius 2 is 1.73 bits per heavy atom. The van der Waals surface area contributed by atoms with E-state index in [2.05, 4.69) is 10.2 Å². The summed E-state index contributed by atoms with van der Waals surface area (Å²) < 4.78 is 5.93. The number of para-hydroxylation sites is 1. The van der Waals surface area contributed by atoms with Crippen LogP contribution < -0.4 is 15.0 Å². The third-order valence-electron chi connectivity index (χ3n) is 5.23. The maximum absolute atomic E-state index is 6.58. The Morgan fingerprint density at radius 3 is 2.54 bits per heavy atom. The molecule has 3 nitrogen and oxygen atoms in total. The van der Waals surface area contributed by atoms with E-state index in [-0.39, 0.29) is 12.4 Å². The summed E-state index contributed by atoms with van der Waals surface area (Å²) in [5, 5.41) is 5.14. The Balaban J connectivity index is 0.00000196. The highest BCUT2D eigenvalue weighted by atomic mass is 35.5. The third kappa shape index (κ3) is 3.77. The predicted molar refractivity (Wildman–Crippen MR) is 112 cm³/mol. The molecule has 2 aromatic carbocycles. The van der Waals surface area contributed by atoms with Crippen molar-refractivity contribution in [3.63, 3.8) is 0 Å². The van der Waals surface area contributed by atoms with E-state index in [9.17, 15) is 0 Å². The van der Waals surface area contributed by atoms with E-state index in [1.807, 2.05) is 42.5 Å². The molecule has 0 aliphatic carbocycles. The zero-order valence-corrected chi connectivity index (χ0v) is 16.8. The molecule has 4 rings (SSSR count). The van der Waals surface area contributed by atoms with Crippen molar-refractivity contribution < 1.29 is 4.74 Å². The molecule has 0 radical (unpaired) electrons. The Bertz CT molecular complexity index is 741. The van der Waals surface area contributed by atoms with Crippen molar-refractivity contribution in [2.45, 2.75) is 24.8 Å².